The van der Waals surface area contributed by atoms with Gasteiger partial charge in [-0.1, -0.05) is 12.1 Å². The zero-order valence-corrected chi connectivity index (χ0v) is 9.79. The molecule has 3 rings (SSSR count). The fourth-order valence-corrected chi connectivity index (χ4v) is 2.53. The maximum absolute atomic E-state index is 12.0. The van der Waals surface area contributed by atoms with Gasteiger partial charge in [-0.15, -0.1) is 0 Å². The van der Waals surface area contributed by atoms with Crippen LogP contribution in [0.3, 0.4) is 0 Å². The lowest BCUT2D eigenvalue weighted by Crippen LogP contribution is -2.28. The molecular formula is C14H12O3. The van der Waals surface area contributed by atoms with Gasteiger partial charge in [-0.3, -0.25) is 9.59 Å². The van der Waals surface area contributed by atoms with E-state index in [9.17, 15) is 9.59 Å². The molecule has 86 valence electrons. The normalized spacial score (nSPS) is 18.0. The molecule has 0 unspecified atom stereocenters. The molecule has 0 spiro atoms. The third-order valence-electron chi connectivity index (χ3n) is 3.46. The van der Waals surface area contributed by atoms with E-state index in [2.05, 4.69) is 0 Å². The number of allylic oxidation sites excluding steroid dienone is 1. The van der Waals surface area contributed by atoms with Gasteiger partial charge in [0.2, 0.25) is 11.6 Å². The van der Waals surface area contributed by atoms with E-state index in [1.807, 2.05) is 19.1 Å². The zero-order valence-electron chi connectivity index (χ0n) is 9.79. The molecule has 0 bridgehead atoms. The maximum Gasteiger partial charge on any atom is 0.234 e. The second-order valence-electron chi connectivity index (χ2n) is 4.50. The third kappa shape index (κ3) is 1.22. The molecule has 1 heterocycles. The predicted molar refractivity (Wildman–Crippen MR) is 62.8 cm³/mol. The lowest BCUT2D eigenvalue weighted by molar-refractivity contribution is -0.112. The molecule has 1 aliphatic heterocycles. The molecule has 1 aromatic rings. The predicted octanol–water partition coefficient (Wildman–Crippen LogP) is 2.06. The van der Waals surface area contributed by atoms with Crippen molar-refractivity contribution < 1.29 is 14.3 Å². The van der Waals surface area contributed by atoms with Crippen molar-refractivity contribution in [2.24, 2.45) is 0 Å². The topological polar surface area (TPSA) is 43.4 Å². The molecule has 0 atom stereocenters. The number of ether oxygens (including phenoxy) is 1. The highest BCUT2D eigenvalue weighted by atomic mass is 16.5. The van der Waals surface area contributed by atoms with Crippen LogP contribution in [0, 0.1) is 6.92 Å². The monoisotopic (exact) mass is 228 g/mol. The van der Waals surface area contributed by atoms with Gasteiger partial charge in [0.15, 0.2) is 0 Å². The first-order chi connectivity index (χ1) is 8.11. The Hall–Kier alpha value is -1.90. The van der Waals surface area contributed by atoms with Crippen LogP contribution in [0.15, 0.2) is 17.7 Å². The molecule has 1 aromatic carbocycles. The number of hydrogen-bond donors (Lipinski definition) is 0. The van der Waals surface area contributed by atoms with Crippen LogP contribution < -0.4 is 0 Å². The Bertz CT molecular complexity index is 594. The lowest BCUT2D eigenvalue weighted by Gasteiger charge is -2.28. The van der Waals surface area contributed by atoms with Gasteiger partial charge in [0.25, 0.3) is 0 Å². The van der Waals surface area contributed by atoms with E-state index in [4.69, 9.17) is 4.74 Å². The van der Waals surface area contributed by atoms with Crippen molar-refractivity contribution in [1.29, 1.82) is 0 Å². The number of rotatable bonds is 0. The minimum atomic E-state index is -0.436. The van der Waals surface area contributed by atoms with Crippen LogP contribution in [0.25, 0.3) is 5.76 Å². The highest BCUT2D eigenvalue weighted by Gasteiger charge is 2.35. The van der Waals surface area contributed by atoms with Gasteiger partial charge < -0.3 is 4.74 Å². The largest absolute Gasteiger partial charge is 0.492 e. The summed E-state index contributed by atoms with van der Waals surface area (Å²) in [6, 6.07) is 3.93. The Balaban J connectivity index is 2.44. The summed E-state index contributed by atoms with van der Waals surface area (Å²) in [5, 5.41) is 0. The van der Waals surface area contributed by atoms with Crippen LogP contribution in [0.4, 0.5) is 0 Å². The molecule has 0 N–H and O–H groups in total. The second kappa shape index (κ2) is 3.29. The summed E-state index contributed by atoms with van der Waals surface area (Å²) < 4.78 is 5.58. The van der Waals surface area contributed by atoms with Crippen LogP contribution in [-0.4, -0.2) is 18.2 Å². The van der Waals surface area contributed by atoms with E-state index < -0.39 is 11.6 Å². The van der Waals surface area contributed by atoms with Gasteiger partial charge in [-0.25, -0.2) is 0 Å². The first-order valence-corrected chi connectivity index (χ1v) is 5.67. The summed E-state index contributed by atoms with van der Waals surface area (Å²) in [7, 11) is 0. The van der Waals surface area contributed by atoms with Crippen LogP contribution in [0.2, 0.25) is 0 Å². The van der Waals surface area contributed by atoms with E-state index in [1.54, 1.807) is 6.92 Å². The van der Waals surface area contributed by atoms with Crippen molar-refractivity contribution in [3.8, 4) is 0 Å². The Morgan fingerprint density at radius 1 is 1.06 bits per heavy atom. The summed E-state index contributed by atoms with van der Waals surface area (Å²) in [4.78, 5) is 23.9. The second-order valence-corrected chi connectivity index (χ2v) is 4.50. The van der Waals surface area contributed by atoms with Crippen molar-refractivity contribution in [3.05, 3.63) is 40.0 Å². The third-order valence-corrected chi connectivity index (χ3v) is 3.46. The van der Waals surface area contributed by atoms with E-state index >= 15 is 0 Å². The average Bonchev–Trinajstić information content (AvgIpc) is 2.34. The first-order valence-electron chi connectivity index (χ1n) is 5.67. The quantitative estimate of drug-likeness (QED) is 0.638. The highest BCUT2D eigenvalue weighted by molar-refractivity contribution is 6.52. The van der Waals surface area contributed by atoms with Gasteiger partial charge in [0.05, 0.1) is 6.61 Å². The summed E-state index contributed by atoms with van der Waals surface area (Å²) in [6.07, 6.45) is 0.793. The number of hydrogen-bond acceptors (Lipinski definition) is 3. The van der Waals surface area contributed by atoms with Crippen LogP contribution in [-0.2, 0) is 16.0 Å². The Labute approximate surface area is 99.1 Å². The van der Waals surface area contributed by atoms with E-state index in [1.165, 1.54) is 0 Å². The summed E-state index contributed by atoms with van der Waals surface area (Å²) >= 11 is 0. The highest BCUT2D eigenvalue weighted by Crippen LogP contribution is 2.37. The van der Waals surface area contributed by atoms with Crippen molar-refractivity contribution in [1.82, 2.24) is 0 Å². The van der Waals surface area contributed by atoms with Crippen LogP contribution in [0.5, 0.6) is 0 Å². The molecule has 0 radical (unpaired) electrons. The molecule has 0 aromatic heterocycles. The minimum absolute atomic E-state index is 0.397. The number of aryl methyl sites for hydroxylation is 1. The molecule has 3 nitrogen and oxygen atoms in total. The van der Waals surface area contributed by atoms with Gasteiger partial charge in [-0.05, 0) is 25.0 Å². The van der Waals surface area contributed by atoms with Crippen molar-refractivity contribution >= 4 is 17.3 Å². The summed E-state index contributed by atoms with van der Waals surface area (Å²) in [6.45, 7) is 4.09. The molecule has 17 heavy (non-hydrogen) atoms. The van der Waals surface area contributed by atoms with Crippen LogP contribution >= 0.6 is 0 Å². The Morgan fingerprint density at radius 3 is 2.59 bits per heavy atom. The SMILES string of the molecule is CC1=C2OCCc3ccc(C)c(c32)C(=O)C1=O. The molecule has 0 fully saturated rings. The van der Waals surface area contributed by atoms with Crippen LogP contribution in [0.1, 0.15) is 34.0 Å². The fraction of sp³-hybridized carbons (Fsp3) is 0.286. The summed E-state index contributed by atoms with van der Waals surface area (Å²) in [5.41, 5.74) is 3.77. The van der Waals surface area contributed by atoms with E-state index in [0.29, 0.717) is 23.5 Å². The summed E-state index contributed by atoms with van der Waals surface area (Å²) in [5.74, 6) is -0.227. The number of carbonyl (C=O) groups excluding carboxylic acids is 2. The van der Waals surface area contributed by atoms with Gasteiger partial charge in [-0.2, -0.15) is 0 Å². The fourth-order valence-electron chi connectivity index (χ4n) is 2.53. The lowest BCUT2D eigenvalue weighted by atomic mass is 9.82. The molecule has 3 heteroatoms. The Morgan fingerprint density at radius 2 is 1.82 bits per heavy atom. The maximum atomic E-state index is 12.0. The van der Waals surface area contributed by atoms with Crippen molar-refractivity contribution in [2.45, 2.75) is 20.3 Å². The smallest absolute Gasteiger partial charge is 0.234 e. The van der Waals surface area contributed by atoms with Gasteiger partial charge in [0, 0.05) is 23.1 Å². The average molecular weight is 228 g/mol. The van der Waals surface area contributed by atoms with Gasteiger partial charge in [0.1, 0.15) is 5.76 Å². The molecular weight excluding hydrogens is 216 g/mol. The number of carbonyl (C=O) groups is 2. The standard InChI is InChI=1S/C14H12O3/c1-7-3-4-9-5-6-17-14-8(2)12(15)13(16)10(7)11(9)14/h3-4H,5-6H2,1-2H3. The molecule has 0 amide bonds. The molecule has 1 aliphatic carbocycles. The van der Waals surface area contributed by atoms with Crippen molar-refractivity contribution in [3.63, 3.8) is 0 Å². The first kappa shape index (κ1) is 10.3. The number of ketones is 2. The Kier molecular flexibility index (Phi) is 1.99. The van der Waals surface area contributed by atoms with E-state index in [0.717, 1.165) is 23.1 Å². The molecule has 0 saturated heterocycles. The zero-order chi connectivity index (χ0) is 12.2. The molecule has 0 saturated carbocycles. The van der Waals surface area contributed by atoms with Gasteiger partial charge >= 0.3 is 0 Å². The van der Waals surface area contributed by atoms with Crippen molar-refractivity contribution in [2.75, 3.05) is 6.61 Å². The van der Waals surface area contributed by atoms with E-state index in [-0.39, 0.29) is 0 Å². The molecule has 2 aliphatic rings. The number of Topliss-reactive ketones (excluding diaryl/α,β-unsaturated/α-hetero) is 2. The number of benzene rings is 1. The minimum Gasteiger partial charge on any atom is -0.492 e.